The molecule has 0 radical (unpaired) electrons. The summed E-state index contributed by atoms with van der Waals surface area (Å²) in [5.41, 5.74) is 1.86. The van der Waals surface area contributed by atoms with Crippen molar-refractivity contribution in [3.8, 4) is 16.9 Å². The molecule has 0 heterocycles. The molecule has 2 rings (SSSR count). The monoisotopic (exact) mass is 311 g/mol. The van der Waals surface area contributed by atoms with Crippen LogP contribution < -0.4 is 10.1 Å². The SMILES string of the molecule is CCC(C)(C)C(=O)NCCOc1ccccc1-c1ccccc1. The lowest BCUT2D eigenvalue weighted by Crippen LogP contribution is -2.38. The minimum atomic E-state index is -0.331. The van der Waals surface area contributed by atoms with Gasteiger partial charge in [-0.2, -0.15) is 0 Å². The van der Waals surface area contributed by atoms with Gasteiger partial charge in [0.2, 0.25) is 5.91 Å². The quantitative estimate of drug-likeness (QED) is 0.775. The van der Waals surface area contributed by atoms with Crippen LogP contribution in [0.5, 0.6) is 5.75 Å². The molecule has 0 saturated heterocycles. The standard InChI is InChI=1S/C20H25NO2/c1-4-20(2,3)19(22)21-14-15-23-18-13-9-8-12-17(18)16-10-6-5-7-11-16/h5-13H,4,14-15H2,1-3H3,(H,21,22). The Balaban J connectivity index is 1.94. The summed E-state index contributed by atoms with van der Waals surface area (Å²) in [7, 11) is 0. The van der Waals surface area contributed by atoms with Gasteiger partial charge in [-0.3, -0.25) is 4.79 Å². The molecule has 23 heavy (non-hydrogen) atoms. The molecule has 2 aromatic rings. The Morgan fingerprint density at radius 3 is 2.39 bits per heavy atom. The Labute approximate surface area is 138 Å². The molecule has 0 aromatic heterocycles. The van der Waals surface area contributed by atoms with Crippen LogP contribution in [0.2, 0.25) is 0 Å². The van der Waals surface area contributed by atoms with Gasteiger partial charge in [0.25, 0.3) is 0 Å². The molecule has 0 aliphatic heterocycles. The third-order valence-corrected chi connectivity index (χ3v) is 4.12. The summed E-state index contributed by atoms with van der Waals surface area (Å²) >= 11 is 0. The van der Waals surface area contributed by atoms with E-state index in [0.717, 1.165) is 23.3 Å². The average molecular weight is 311 g/mol. The largest absolute Gasteiger partial charge is 0.491 e. The third kappa shape index (κ3) is 4.59. The van der Waals surface area contributed by atoms with Crippen molar-refractivity contribution in [1.29, 1.82) is 0 Å². The van der Waals surface area contributed by atoms with Crippen LogP contribution >= 0.6 is 0 Å². The summed E-state index contributed by atoms with van der Waals surface area (Å²) < 4.78 is 5.87. The first-order valence-electron chi connectivity index (χ1n) is 8.10. The van der Waals surface area contributed by atoms with Crippen molar-refractivity contribution in [2.45, 2.75) is 27.2 Å². The number of amides is 1. The summed E-state index contributed by atoms with van der Waals surface area (Å²) in [6.45, 7) is 6.88. The van der Waals surface area contributed by atoms with Crippen molar-refractivity contribution in [2.24, 2.45) is 5.41 Å². The van der Waals surface area contributed by atoms with Gasteiger partial charge in [0, 0.05) is 11.0 Å². The first-order chi connectivity index (χ1) is 11.0. The number of rotatable bonds is 7. The zero-order chi connectivity index (χ0) is 16.7. The number of nitrogens with one attached hydrogen (secondary N) is 1. The zero-order valence-electron chi connectivity index (χ0n) is 14.1. The average Bonchev–Trinajstić information content (AvgIpc) is 2.59. The second-order valence-corrected chi connectivity index (χ2v) is 6.20. The maximum Gasteiger partial charge on any atom is 0.225 e. The number of para-hydroxylation sites is 1. The van der Waals surface area contributed by atoms with E-state index < -0.39 is 0 Å². The van der Waals surface area contributed by atoms with Gasteiger partial charge in [0.05, 0.1) is 6.54 Å². The zero-order valence-corrected chi connectivity index (χ0v) is 14.1. The molecule has 1 N–H and O–H groups in total. The van der Waals surface area contributed by atoms with E-state index in [1.54, 1.807) is 0 Å². The Morgan fingerprint density at radius 2 is 1.70 bits per heavy atom. The van der Waals surface area contributed by atoms with Crippen LogP contribution in [0.3, 0.4) is 0 Å². The maximum atomic E-state index is 12.0. The minimum absolute atomic E-state index is 0.0694. The number of hydrogen-bond acceptors (Lipinski definition) is 2. The normalized spacial score (nSPS) is 11.1. The summed E-state index contributed by atoms with van der Waals surface area (Å²) in [4.78, 5) is 12.0. The van der Waals surface area contributed by atoms with Gasteiger partial charge in [0.1, 0.15) is 12.4 Å². The van der Waals surface area contributed by atoms with Crippen LogP contribution in [0.15, 0.2) is 54.6 Å². The van der Waals surface area contributed by atoms with Crippen molar-refractivity contribution in [2.75, 3.05) is 13.2 Å². The van der Waals surface area contributed by atoms with Gasteiger partial charge in [-0.05, 0) is 18.1 Å². The highest BCUT2D eigenvalue weighted by atomic mass is 16.5. The van der Waals surface area contributed by atoms with E-state index in [4.69, 9.17) is 4.74 Å². The molecule has 0 spiro atoms. The molecule has 1 amide bonds. The van der Waals surface area contributed by atoms with Gasteiger partial charge in [-0.1, -0.05) is 69.3 Å². The van der Waals surface area contributed by atoms with Gasteiger partial charge in [-0.25, -0.2) is 0 Å². The lowest BCUT2D eigenvalue weighted by atomic mass is 9.89. The molecule has 2 aromatic carbocycles. The molecule has 122 valence electrons. The van der Waals surface area contributed by atoms with Crippen LogP contribution in [0.25, 0.3) is 11.1 Å². The molecule has 0 saturated carbocycles. The van der Waals surface area contributed by atoms with Crippen molar-refractivity contribution >= 4 is 5.91 Å². The van der Waals surface area contributed by atoms with E-state index in [1.165, 1.54) is 0 Å². The van der Waals surface area contributed by atoms with Crippen LogP contribution in [0.4, 0.5) is 0 Å². The molecular formula is C20H25NO2. The van der Waals surface area contributed by atoms with Crippen molar-refractivity contribution in [1.82, 2.24) is 5.32 Å². The fourth-order valence-electron chi connectivity index (χ4n) is 2.17. The van der Waals surface area contributed by atoms with E-state index in [9.17, 15) is 4.79 Å². The molecule has 0 atom stereocenters. The number of carbonyl (C=O) groups is 1. The molecular weight excluding hydrogens is 286 g/mol. The highest BCUT2D eigenvalue weighted by molar-refractivity contribution is 5.81. The van der Waals surface area contributed by atoms with Crippen molar-refractivity contribution in [3.63, 3.8) is 0 Å². The molecule has 0 aliphatic carbocycles. The number of hydrogen-bond donors (Lipinski definition) is 1. The topological polar surface area (TPSA) is 38.3 Å². The Morgan fingerprint density at radius 1 is 1.04 bits per heavy atom. The van der Waals surface area contributed by atoms with Gasteiger partial charge in [-0.15, -0.1) is 0 Å². The number of ether oxygens (including phenoxy) is 1. The van der Waals surface area contributed by atoms with Crippen molar-refractivity contribution < 1.29 is 9.53 Å². The molecule has 0 fully saturated rings. The summed E-state index contributed by atoms with van der Waals surface area (Å²) in [5, 5.41) is 2.94. The summed E-state index contributed by atoms with van der Waals surface area (Å²) in [6.07, 6.45) is 0.816. The lowest BCUT2D eigenvalue weighted by Gasteiger charge is -2.21. The Kier molecular flexibility index (Phi) is 5.80. The second-order valence-electron chi connectivity index (χ2n) is 6.20. The van der Waals surface area contributed by atoms with Crippen LogP contribution in [-0.2, 0) is 4.79 Å². The van der Waals surface area contributed by atoms with Crippen LogP contribution in [0, 0.1) is 5.41 Å². The summed E-state index contributed by atoms with van der Waals surface area (Å²) in [5.74, 6) is 0.905. The number of carbonyl (C=O) groups excluding carboxylic acids is 1. The van der Waals surface area contributed by atoms with E-state index in [2.05, 4.69) is 17.4 Å². The smallest absolute Gasteiger partial charge is 0.225 e. The third-order valence-electron chi connectivity index (χ3n) is 4.12. The predicted molar refractivity (Wildman–Crippen MR) is 94.5 cm³/mol. The fraction of sp³-hybridized carbons (Fsp3) is 0.350. The molecule has 3 heteroatoms. The summed E-state index contributed by atoms with van der Waals surface area (Å²) in [6, 6.07) is 18.1. The maximum absolute atomic E-state index is 12.0. The van der Waals surface area contributed by atoms with E-state index >= 15 is 0 Å². The fourth-order valence-corrected chi connectivity index (χ4v) is 2.17. The first-order valence-corrected chi connectivity index (χ1v) is 8.10. The van der Waals surface area contributed by atoms with E-state index in [1.807, 2.05) is 63.2 Å². The van der Waals surface area contributed by atoms with Gasteiger partial charge in [0.15, 0.2) is 0 Å². The van der Waals surface area contributed by atoms with Crippen molar-refractivity contribution in [3.05, 3.63) is 54.6 Å². The molecule has 0 aliphatic rings. The first kappa shape index (κ1) is 17.1. The molecule has 0 bridgehead atoms. The Hall–Kier alpha value is -2.29. The van der Waals surface area contributed by atoms with E-state index in [-0.39, 0.29) is 11.3 Å². The molecule has 3 nitrogen and oxygen atoms in total. The lowest BCUT2D eigenvalue weighted by molar-refractivity contribution is -0.129. The number of benzene rings is 2. The predicted octanol–water partition coefficient (Wildman–Crippen LogP) is 4.28. The Bertz CT molecular complexity index is 635. The highest BCUT2D eigenvalue weighted by Crippen LogP contribution is 2.29. The second kappa shape index (κ2) is 7.82. The van der Waals surface area contributed by atoms with Gasteiger partial charge >= 0.3 is 0 Å². The van der Waals surface area contributed by atoms with E-state index in [0.29, 0.717) is 13.2 Å². The van der Waals surface area contributed by atoms with Gasteiger partial charge < -0.3 is 10.1 Å². The molecule has 0 unspecified atom stereocenters. The highest BCUT2D eigenvalue weighted by Gasteiger charge is 2.24. The van der Waals surface area contributed by atoms with Crippen LogP contribution in [0.1, 0.15) is 27.2 Å². The van der Waals surface area contributed by atoms with Crippen LogP contribution in [-0.4, -0.2) is 19.1 Å². The minimum Gasteiger partial charge on any atom is -0.491 e.